The number of hydrogen-bond donors (Lipinski definition) is 1. The highest BCUT2D eigenvalue weighted by Gasteiger charge is 2.35. The number of rotatable bonds is 3. The van der Waals surface area contributed by atoms with Crippen molar-refractivity contribution in [2.45, 2.75) is 59.2 Å². The van der Waals surface area contributed by atoms with Crippen LogP contribution in [0.2, 0.25) is 0 Å². The molecule has 2 amide bonds. The number of ether oxygens (including phenoxy) is 1. The summed E-state index contributed by atoms with van der Waals surface area (Å²) in [6.07, 6.45) is -0.353. The molecule has 122 valence electrons. The fraction of sp³-hybridized carbons (Fsp3) is 0.867. The molecule has 1 aliphatic heterocycles. The van der Waals surface area contributed by atoms with E-state index in [9.17, 15) is 9.59 Å². The molecule has 21 heavy (non-hydrogen) atoms. The lowest BCUT2D eigenvalue weighted by molar-refractivity contribution is -0.134. The lowest BCUT2D eigenvalue weighted by Gasteiger charge is -2.39. The van der Waals surface area contributed by atoms with E-state index in [0.29, 0.717) is 26.2 Å². The average molecular weight is 299 g/mol. The van der Waals surface area contributed by atoms with Gasteiger partial charge in [0, 0.05) is 32.2 Å². The summed E-state index contributed by atoms with van der Waals surface area (Å²) in [7, 11) is 0. The Hall–Kier alpha value is -1.30. The Morgan fingerprint density at radius 2 is 1.86 bits per heavy atom. The molecule has 1 fully saturated rings. The van der Waals surface area contributed by atoms with Gasteiger partial charge in [-0.2, -0.15) is 0 Å². The standard InChI is InChI=1S/C15H29N3O3/c1-7-17(8-2)13(19)12-10-18(11(3)9-16-12)14(20)21-15(4,5)6/h11-12,16H,7-10H2,1-6H3/t11-,12-/m1/s1. The molecule has 1 N–H and O–H groups in total. The molecule has 1 rings (SSSR count). The maximum atomic E-state index is 12.4. The first-order valence-electron chi connectivity index (χ1n) is 7.71. The second-order valence-corrected chi connectivity index (χ2v) is 6.45. The number of nitrogens with zero attached hydrogens (tertiary/aromatic N) is 2. The molecule has 0 aliphatic carbocycles. The summed E-state index contributed by atoms with van der Waals surface area (Å²) in [5, 5.41) is 3.22. The molecule has 0 unspecified atom stereocenters. The van der Waals surface area contributed by atoms with Gasteiger partial charge in [0.25, 0.3) is 0 Å². The van der Waals surface area contributed by atoms with Crippen LogP contribution in [-0.4, -0.2) is 65.7 Å². The Morgan fingerprint density at radius 3 is 2.33 bits per heavy atom. The molecule has 1 heterocycles. The largest absolute Gasteiger partial charge is 0.444 e. The van der Waals surface area contributed by atoms with E-state index in [4.69, 9.17) is 4.74 Å². The highest BCUT2D eigenvalue weighted by molar-refractivity contribution is 5.83. The van der Waals surface area contributed by atoms with E-state index >= 15 is 0 Å². The van der Waals surface area contributed by atoms with Crippen LogP contribution >= 0.6 is 0 Å². The van der Waals surface area contributed by atoms with E-state index in [-0.39, 0.29) is 24.1 Å². The smallest absolute Gasteiger partial charge is 0.410 e. The van der Waals surface area contributed by atoms with Gasteiger partial charge in [0.2, 0.25) is 5.91 Å². The summed E-state index contributed by atoms with van der Waals surface area (Å²) < 4.78 is 5.42. The highest BCUT2D eigenvalue weighted by atomic mass is 16.6. The van der Waals surface area contributed by atoms with Gasteiger partial charge >= 0.3 is 6.09 Å². The number of carbonyl (C=O) groups excluding carboxylic acids is 2. The lowest BCUT2D eigenvalue weighted by atomic mass is 10.1. The first-order chi connectivity index (χ1) is 9.69. The van der Waals surface area contributed by atoms with Crippen LogP contribution in [-0.2, 0) is 9.53 Å². The maximum Gasteiger partial charge on any atom is 0.410 e. The van der Waals surface area contributed by atoms with E-state index in [1.165, 1.54) is 0 Å². The topological polar surface area (TPSA) is 61.9 Å². The molecule has 0 bridgehead atoms. The number of amides is 2. The zero-order chi connectivity index (χ0) is 16.2. The van der Waals surface area contributed by atoms with E-state index in [2.05, 4.69) is 5.32 Å². The SMILES string of the molecule is CCN(CC)C(=O)[C@H]1CN(C(=O)OC(C)(C)C)[C@H](C)CN1. The van der Waals surface area contributed by atoms with E-state index < -0.39 is 5.60 Å². The Bertz CT molecular complexity index is 375. The van der Waals surface area contributed by atoms with Crippen LogP contribution in [0.4, 0.5) is 4.79 Å². The first-order valence-corrected chi connectivity index (χ1v) is 7.71. The molecule has 0 aromatic rings. The summed E-state index contributed by atoms with van der Waals surface area (Å²) >= 11 is 0. The van der Waals surface area contributed by atoms with Gasteiger partial charge in [-0.3, -0.25) is 4.79 Å². The van der Waals surface area contributed by atoms with Crippen LogP contribution in [0.5, 0.6) is 0 Å². The molecule has 0 radical (unpaired) electrons. The summed E-state index contributed by atoms with van der Waals surface area (Å²) in [4.78, 5) is 28.1. The number of piperazine rings is 1. The Labute approximate surface area is 127 Å². The van der Waals surface area contributed by atoms with Crippen molar-refractivity contribution in [1.82, 2.24) is 15.1 Å². The summed E-state index contributed by atoms with van der Waals surface area (Å²) in [5.74, 6) is 0.0421. The fourth-order valence-corrected chi connectivity index (χ4v) is 2.36. The quantitative estimate of drug-likeness (QED) is 0.857. The number of likely N-dealkylation sites (N-methyl/N-ethyl adjacent to an activating group) is 1. The summed E-state index contributed by atoms with van der Waals surface area (Å²) in [6.45, 7) is 13.7. The molecule has 0 saturated carbocycles. The monoisotopic (exact) mass is 299 g/mol. The molecule has 1 saturated heterocycles. The van der Waals surface area contributed by atoms with Crippen molar-refractivity contribution in [2.24, 2.45) is 0 Å². The third-order valence-corrected chi connectivity index (χ3v) is 3.57. The lowest BCUT2D eigenvalue weighted by Crippen LogP contribution is -2.62. The van der Waals surface area contributed by atoms with Gasteiger partial charge in [0.05, 0.1) is 0 Å². The Balaban J connectivity index is 2.74. The second kappa shape index (κ2) is 7.11. The first kappa shape index (κ1) is 17.8. The van der Waals surface area contributed by atoms with Gasteiger partial charge in [-0.05, 0) is 41.5 Å². The van der Waals surface area contributed by atoms with Crippen molar-refractivity contribution in [1.29, 1.82) is 0 Å². The van der Waals surface area contributed by atoms with Crippen LogP contribution in [0, 0.1) is 0 Å². The normalized spacial score (nSPS) is 22.9. The van der Waals surface area contributed by atoms with Gasteiger partial charge in [0.15, 0.2) is 0 Å². The van der Waals surface area contributed by atoms with Crippen molar-refractivity contribution < 1.29 is 14.3 Å². The van der Waals surface area contributed by atoms with E-state index in [1.807, 2.05) is 41.5 Å². The molecule has 1 aliphatic rings. The molecule has 2 atom stereocenters. The van der Waals surface area contributed by atoms with Crippen molar-refractivity contribution in [2.75, 3.05) is 26.2 Å². The molecule has 0 aromatic carbocycles. The van der Waals surface area contributed by atoms with Crippen LogP contribution in [0.3, 0.4) is 0 Å². The van der Waals surface area contributed by atoms with E-state index in [0.717, 1.165) is 0 Å². The van der Waals surface area contributed by atoms with Crippen molar-refractivity contribution in [3.05, 3.63) is 0 Å². The number of carbonyl (C=O) groups is 2. The number of nitrogens with one attached hydrogen (secondary N) is 1. The zero-order valence-corrected chi connectivity index (χ0v) is 14.1. The summed E-state index contributed by atoms with van der Waals surface area (Å²) in [6, 6.07) is -0.339. The van der Waals surface area contributed by atoms with Crippen LogP contribution in [0.15, 0.2) is 0 Å². The Morgan fingerprint density at radius 1 is 1.29 bits per heavy atom. The van der Waals surface area contributed by atoms with Crippen LogP contribution in [0.1, 0.15) is 41.5 Å². The summed E-state index contributed by atoms with van der Waals surface area (Å²) in [5.41, 5.74) is -0.528. The van der Waals surface area contributed by atoms with Crippen molar-refractivity contribution in [3.8, 4) is 0 Å². The van der Waals surface area contributed by atoms with Gasteiger partial charge in [-0.25, -0.2) is 4.79 Å². The molecular weight excluding hydrogens is 270 g/mol. The van der Waals surface area contributed by atoms with Gasteiger partial charge in [-0.15, -0.1) is 0 Å². The molecular formula is C15H29N3O3. The maximum absolute atomic E-state index is 12.4. The number of hydrogen-bond acceptors (Lipinski definition) is 4. The molecule has 6 nitrogen and oxygen atoms in total. The van der Waals surface area contributed by atoms with Crippen molar-refractivity contribution >= 4 is 12.0 Å². The van der Waals surface area contributed by atoms with Gasteiger partial charge in [0.1, 0.15) is 11.6 Å². The molecule has 0 aromatic heterocycles. The second-order valence-electron chi connectivity index (χ2n) is 6.45. The van der Waals surface area contributed by atoms with Crippen molar-refractivity contribution in [3.63, 3.8) is 0 Å². The highest BCUT2D eigenvalue weighted by Crippen LogP contribution is 2.15. The molecule has 6 heteroatoms. The van der Waals surface area contributed by atoms with Gasteiger partial charge < -0.3 is 19.9 Å². The predicted octanol–water partition coefficient (Wildman–Crippen LogP) is 1.45. The minimum Gasteiger partial charge on any atom is -0.444 e. The van der Waals surface area contributed by atoms with E-state index in [1.54, 1.807) is 9.80 Å². The van der Waals surface area contributed by atoms with Crippen LogP contribution < -0.4 is 5.32 Å². The van der Waals surface area contributed by atoms with Gasteiger partial charge in [-0.1, -0.05) is 0 Å². The minimum absolute atomic E-state index is 0.0144. The Kier molecular flexibility index (Phi) is 6.01. The average Bonchev–Trinajstić information content (AvgIpc) is 2.38. The van der Waals surface area contributed by atoms with Crippen LogP contribution in [0.25, 0.3) is 0 Å². The third-order valence-electron chi connectivity index (χ3n) is 3.57. The minimum atomic E-state index is -0.528. The predicted molar refractivity (Wildman–Crippen MR) is 82.1 cm³/mol. The zero-order valence-electron chi connectivity index (χ0n) is 14.1. The third kappa shape index (κ3) is 4.88. The fourth-order valence-electron chi connectivity index (χ4n) is 2.36. The molecule has 0 spiro atoms.